The molecule has 0 saturated heterocycles. The van der Waals surface area contributed by atoms with Gasteiger partial charge >= 0.3 is 0 Å². The molecule has 3 aromatic rings. The molecule has 0 spiro atoms. The van der Waals surface area contributed by atoms with Gasteiger partial charge in [-0.15, -0.1) is 0 Å². The van der Waals surface area contributed by atoms with Crippen molar-refractivity contribution in [1.82, 2.24) is 15.0 Å². The number of aromatic nitrogens is 3. The second kappa shape index (κ2) is 7.81. The summed E-state index contributed by atoms with van der Waals surface area (Å²) in [5, 5.41) is 22.4. The molecule has 4 N–H and O–H groups in total. The van der Waals surface area contributed by atoms with Crippen molar-refractivity contribution < 1.29 is 9.90 Å². The SMILES string of the molecule is N#CCC1CC1C(=O)Nc1cc2cc(-c3cnccc3CCO)nc(N)c2cn1. The van der Waals surface area contributed by atoms with Gasteiger partial charge in [0.25, 0.3) is 0 Å². The van der Waals surface area contributed by atoms with Crippen LogP contribution in [0.3, 0.4) is 0 Å². The van der Waals surface area contributed by atoms with E-state index >= 15 is 0 Å². The topological polar surface area (TPSA) is 138 Å². The lowest BCUT2D eigenvalue weighted by atomic mass is 10.0. The van der Waals surface area contributed by atoms with Crippen LogP contribution in [0, 0.1) is 23.2 Å². The molecule has 1 amide bonds. The molecule has 8 nitrogen and oxygen atoms in total. The lowest BCUT2D eigenvalue weighted by Gasteiger charge is -2.11. The van der Waals surface area contributed by atoms with Crippen LogP contribution in [-0.2, 0) is 11.2 Å². The molecule has 0 aromatic carbocycles. The van der Waals surface area contributed by atoms with Crippen molar-refractivity contribution in [2.75, 3.05) is 17.7 Å². The van der Waals surface area contributed by atoms with E-state index in [9.17, 15) is 9.90 Å². The number of nitrogens with two attached hydrogens (primary N) is 1. The van der Waals surface area contributed by atoms with E-state index in [-0.39, 0.29) is 24.3 Å². The van der Waals surface area contributed by atoms with Gasteiger partial charge in [-0.25, -0.2) is 9.97 Å². The summed E-state index contributed by atoms with van der Waals surface area (Å²) in [4.78, 5) is 25.3. The van der Waals surface area contributed by atoms with E-state index in [2.05, 4.69) is 26.3 Å². The van der Waals surface area contributed by atoms with Crippen molar-refractivity contribution in [3.05, 3.63) is 42.4 Å². The number of aliphatic hydroxyl groups is 1. The highest BCUT2D eigenvalue weighted by Crippen LogP contribution is 2.41. The Balaban J connectivity index is 1.65. The zero-order valence-electron chi connectivity index (χ0n) is 15.7. The van der Waals surface area contributed by atoms with Crippen LogP contribution in [0.1, 0.15) is 18.4 Å². The molecule has 1 fully saturated rings. The van der Waals surface area contributed by atoms with Gasteiger partial charge in [-0.2, -0.15) is 5.26 Å². The van der Waals surface area contributed by atoms with Crippen LogP contribution in [0.15, 0.2) is 36.8 Å². The highest BCUT2D eigenvalue weighted by Gasteiger charge is 2.42. The number of carbonyl (C=O) groups excluding carboxylic acids is 1. The zero-order chi connectivity index (χ0) is 20.4. The molecule has 146 valence electrons. The minimum Gasteiger partial charge on any atom is -0.396 e. The Hall–Kier alpha value is -3.57. The largest absolute Gasteiger partial charge is 0.396 e. The minimum absolute atomic E-state index is 0.0220. The Kier molecular flexibility index (Phi) is 5.06. The third kappa shape index (κ3) is 3.86. The Bertz CT molecular complexity index is 1120. The van der Waals surface area contributed by atoms with Gasteiger partial charge in [-0.3, -0.25) is 9.78 Å². The number of pyridine rings is 3. The van der Waals surface area contributed by atoms with E-state index < -0.39 is 0 Å². The first-order valence-electron chi connectivity index (χ1n) is 9.39. The first-order valence-corrected chi connectivity index (χ1v) is 9.39. The average molecular weight is 388 g/mol. The van der Waals surface area contributed by atoms with Crippen LogP contribution >= 0.6 is 0 Å². The van der Waals surface area contributed by atoms with E-state index in [1.807, 2.05) is 12.1 Å². The van der Waals surface area contributed by atoms with Crippen molar-refractivity contribution in [2.45, 2.75) is 19.3 Å². The summed E-state index contributed by atoms with van der Waals surface area (Å²) in [5.74, 6) is 0.669. The molecular weight excluding hydrogens is 368 g/mol. The van der Waals surface area contributed by atoms with Crippen LogP contribution in [0.2, 0.25) is 0 Å². The molecule has 0 bridgehead atoms. The molecule has 29 heavy (non-hydrogen) atoms. The quantitative estimate of drug-likeness (QED) is 0.589. The second-order valence-electron chi connectivity index (χ2n) is 7.14. The zero-order valence-corrected chi connectivity index (χ0v) is 15.7. The number of carbonyl (C=O) groups is 1. The number of anilines is 2. The Morgan fingerprint density at radius 2 is 2.24 bits per heavy atom. The number of hydrogen-bond acceptors (Lipinski definition) is 7. The molecular formula is C21H20N6O2. The first kappa shape index (κ1) is 18.8. The maximum absolute atomic E-state index is 12.3. The van der Waals surface area contributed by atoms with Gasteiger partial charge < -0.3 is 16.2 Å². The van der Waals surface area contributed by atoms with Crippen molar-refractivity contribution in [3.63, 3.8) is 0 Å². The van der Waals surface area contributed by atoms with Crippen LogP contribution < -0.4 is 11.1 Å². The number of nitrogens with one attached hydrogen (secondary N) is 1. The van der Waals surface area contributed by atoms with Gasteiger partial charge in [0.05, 0.1) is 11.8 Å². The van der Waals surface area contributed by atoms with E-state index in [0.717, 1.165) is 22.9 Å². The summed E-state index contributed by atoms with van der Waals surface area (Å²) in [6.45, 7) is 0.0220. The second-order valence-corrected chi connectivity index (χ2v) is 7.14. The number of fused-ring (bicyclic) bond motifs is 1. The fourth-order valence-corrected chi connectivity index (χ4v) is 3.50. The van der Waals surface area contributed by atoms with E-state index in [4.69, 9.17) is 11.0 Å². The van der Waals surface area contributed by atoms with Crippen molar-refractivity contribution >= 4 is 28.3 Å². The van der Waals surface area contributed by atoms with Crippen LogP contribution in [0.4, 0.5) is 11.6 Å². The summed E-state index contributed by atoms with van der Waals surface area (Å²) in [7, 11) is 0. The highest BCUT2D eigenvalue weighted by atomic mass is 16.3. The van der Waals surface area contributed by atoms with Gasteiger partial charge in [-0.1, -0.05) is 0 Å². The number of rotatable bonds is 6. The molecule has 3 aromatic heterocycles. The molecule has 4 rings (SSSR count). The predicted molar refractivity (Wildman–Crippen MR) is 108 cm³/mol. The summed E-state index contributed by atoms with van der Waals surface area (Å²) < 4.78 is 0. The van der Waals surface area contributed by atoms with Gasteiger partial charge in [0, 0.05) is 48.5 Å². The van der Waals surface area contributed by atoms with Crippen molar-refractivity contribution in [1.29, 1.82) is 5.26 Å². The summed E-state index contributed by atoms with van der Waals surface area (Å²) >= 11 is 0. The molecule has 1 aliphatic carbocycles. The van der Waals surface area contributed by atoms with Crippen molar-refractivity contribution in [2.24, 2.45) is 11.8 Å². The summed E-state index contributed by atoms with van der Waals surface area (Å²) in [5.41, 5.74) is 8.51. The molecule has 1 saturated carbocycles. The standard InChI is InChI=1S/C21H20N6O2/c22-4-1-13-7-15(13)21(29)27-19-9-14-8-18(26-20(23)17(14)11-25-19)16-10-24-5-2-12(16)3-6-28/h2,5,8-11,13,15,28H,1,3,6-7H2,(H2,23,26)(H,25,27,29). The van der Waals surface area contributed by atoms with E-state index in [0.29, 0.717) is 35.6 Å². The van der Waals surface area contributed by atoms with Gasteiger partial charge in [-0.05, 0) is 47.9 Å². The normalized spacial score (nSPS) is 17.7. The Labute approximate surface area is 167 Å². The Morgan fingerprint density at radius 1 is 1.38 bits per heavy atom. The summed E-state index contributed by atoms with van der Waals surface area (Å²) in [6.07, 6.45) is 6.59. The maximum Gasteiger partial charge on any atom is 0.228 e. The van der Waals surface area contributed by atoms with E-state index in [1.165, 1.54) is 0 Å². The highest BCUT2D eigenvalue weighted by molar-refractivity contribution is 5.98. The fraction of sp³-hybridized carbons (Fsp3) is 0.286. The van der Waals surface area contributed by atoms with Crippen LogP contribution in [0.5, 0.6) is 0 Å². The minimum atomic E-state index is -0.123. The van der Waals surface area contributed by atoms with Gasteiger partial charge in [0.1, 0.15) is 11.6 Å². The third-order valence-corrected chi connectivity index (χ3v) is 5.18. The predicted octanol–water partition coefficient (Wildman–Crippen LogP) is 2.30. The number of amides is 1. The maximum atomic E-state index is 12.3. The number of hydrogen-bond donors (Lipinski definition) is 3. The van der Waals surface area contributed by atoms with E-state index in [1.54, 1.807) is 24.7 Å². The number of nitrogen functional groups attached to an aromatic ring is 1. The molecule has 1 aliphatic rings. The monoisotopic (exact) mass is 388 g/mol. The molecule has 2 unspecified atom stereocenters. The fourth-order valence-electron chi connectivity index (χ4n) is 3.50. The Morgan fingerprint density at radius 3 is 3.03 bits per heavy atom. The third-order valence-electron chi connectivity index (χ3n) is 5.18. The van der Waals surface area contributed by atoms with Crippen molar-refractivity contribution in [3.8, 4) is 17.3 Å². The van der Waals surface area contributed by atoms with Crippen LogP contribution in [0.25, 0.3) is 22.0 Å². The number of aliphatic hydroxyl groups excluding tert-OH is 1. The number of nitrogens with zero attached hydrogens (tertiary/aromatic N) is 4. The smallest absolute Gasteiger partial charge is 0.228 e. The van der Waals surface area contributed by atoms with Gasteiger partial charge in [0.2, 0.25) is 5.91 Å². The van der Waals surface area contributed by atoms with Crippen LogP contribution in [-0.4, -0.2) is 32.6 Å². The molecule has 8 heteroatoms. The molecule has 2 atom stereocenters. The molecule has 3 heterocycles. The average Bonchev–Trinajstić information content (AvgIpc) is 3.48. The summed E-state index contributed by atoms with van der Waals surface area (Å²) in [6, 6.07) is 7.59. The molecule has 0 aliphatic heterocycles. The lowest BCUT2D eigenvalue weighted by molar-refractivity contribution is -0.117. The van der Waals surface area contributed by atoms with Gasteiger partial charge in [0.15, 0.2) is 0 Å². The first-order chi connectivity index (χ1) is 14.1. The molecule has 0 radical (unpaired) electrons. The number of nitriles is 1. The lowest BCUT2D eigenvalue weighted by Crippen LogP contribution is -2.15.